The first-order chi connectivity index (χ1) is 8.45. The Morgan fingerprint density at radius 3 is 2.44 bits per heavy atom. The average molecular weight is 268 g/mol. The summed E-state index contributed by atoms with van der Waals surface area (Å²) in [5.41, 5.74) is 0.180. The van der Waals surface area contributed by atoms with E-state index < -0.39 is 5.97 Å². The van der Waals surface area contributed by atoms with Crippen LogP contribution < -0.4 is 5.32 Å². The molecular formula is C13H20N2O2S. The summed E-state index contributed by atoms with van der Waals surface area (Å²) in [5.74, 6) is 0.514. The number of anilines is 1. The van der Waals surface area contributed by atoms with Crippen molar-refractivity contribution in [1.29, 1.82) is 0 Å². The number of aromatic nitrogens is 1. The Hall–Kier alpha value is -1.10. The van der Waals surface area contributed by atoms with Crippen molar-refractivity contribution < 1.29 is 9.90 Å². The summed E-state index contributed by atoms with van der Waals surface area (Å²) in [4.78, 5) is 15.9. The fraction of sp³-hybridized carbons (Fsp3) is 0.692. The average Bonchev–Trinajstić information content (AvgIpc) is 2.57. The minimum absolute atomic E-state index is 0.180. The van der Waals surface area contributed by atoms with Crippen LogP contribution in [0, 0.1) is 18.8 Å². The number of rotatable bonds is 3. The van der Waals surface area contributed by atoms with Gasteiger partial charge >= 0.3 is 5.97 Å². The lowest BCUT2D eigenvalue weighted by Crippen LogP contribution is -2.30. The first-order valence-electron chi connectivity index (χ1n) is 6.43. The van der Waals surface area contributed by atoms with Crippen molar-refractivity contribution in [3.05, 3.63) is 10.6 Å². The van der Waals surface area contributed by atoms with E-state index in [-0.39, 0.29) is 5.69 Å². The van der Waals surface area contributed by atoms with E-state index in [9.17, 15) is 4.79 Å². The van der Waals surface area contributed by atoms with Gasteiger partial charge in [-0.05, 0) is 38.0 Å². The number of carboxylic acids is 1. The van der Waals surface area contributed by atoms with Gasteiger partial charge in [0.1, 0.15) is 0 Å². The van der Waals surface area contributed by atoms with Crippen LogP contribution in [0.4, 0.5) is 5.13 Å². The molecule has 0 radical (unpaired) electrons. The van der Waals surface area contributed by atoms with Gasteiger partial charge in [0.15, 0.2) is 10.8 Å². The van der Waals surface area contributed by atoms with Crippen molar-refractivity contribution in [2.24, 2.45) is 11.8 Å². The lowest BCUT2D eigenvalue weighted by molar-refractivity contribution is 0.0690. The van der Waals surface area contributed by atoms with E-state index in [4.69, 9.17) is 5.11 Å². The topological polar surface area (TPSA) is 62.2 Å². The molecule has 0 aromatic carbocycles. The molecule has 0 aliphatic heterocycles. The van der Waals surface area contributed by atoms with Crippen molar-refractivity contribution in [2.75, 3.05) is 5.32 Å². The highest BCUT2D eigenvalue weighted by Crippen LogP contribution is 2.32. The van der Waals surface area contributed by atoms with Gasteiger partial charge in [-0.2, -0.15) is 0 Å². The molecule has 1 heterocycles. The Kier molecular flexibility index (Phi) is 3.90. The molecule has 1 aliphatic rings. The minimum Gasteiger partial charge on any atom is -0.476 e. The molecule has 2 rings (SSSR count). The standard InChI is InChI=1S/C13H20N2O2S/c1-7-4-8(2)6-10(5-7)14-13-15-11(12(16)17)9(3)18-13/h7-8,10H,4-6H2,1-3H3,(H,14,15)(H,16,17). The van der Waals surface area contributed by atoms with Crippen LogP contribution in [0.15, 0.2) is 0 Å². The van der Waals surface area contributed by atoms with Gasteiger partial charge in [0.25, 0.3) is 0 Å². The lowest BCUT2D eigenvalue weighted by atomic mass is 9.80. The highest BCUT2D eigenvalue weighted by atomic mass is 32.1. The Bertz CT molecular complexity index is 434. The summed E-state index contributed by atoms with van der Waals surface area (Å²) < 4.78 is 0. The zero-order chi connectivity index (χ0) is 13.3. The van der Waals surface area contributed by atoms with E-state index >= 15 is 0 Å². The number of carbonyl (C=O) groups is 1. The molecule has 1 fully saturated rings. The maximum absolute atomic E-state index is 10.9. The van der Waals surface area contributed by atoms with E-state index in [0.717, 1.165) is 34.7 Å². The SMILES string of the molecule is Cc1sc(NC2CC(C)CC(C)C2)nc1C(=O)O. The molecule has 0 spiro atoms. The monoisotopic (exact) mass is 268 g/mol. The summed E-state index contributed by atoms with van der Waals surface area (Å²) in [6.07, 6.45) is 3.58. The van der Waals surface area contributed by atoms with Gasteiger partial charge in [0.2, 0.25) is 0 Å². The van der Waals surface area contributed by atoms with Crippen molar-refractivity contribution in [3.63, 3.8) is 0 Å². The summed E-state index contributed by atoms with van der Waals surface area (Å²) in [6, 6.07) is 0.427. The van der Waals surface area contributed by atoms with E-state index in [2.05, 4.69) is 24.1 Å². The van der Waals surface area contributed by atoms with Gasteiger partial charge in [-0.1, -0.05) is 13.8 Å². The van der Waals surface area contributed by atoms with E-state index in [1.807, 2.05) is 0 Å². The number of carboxylic acid groups (broad SMARTS) is 1. The fourth-order valence-electron chi connectivity index (χ4n) is 2.90. The first kappa shape index (κ1) is 13.3. The summed E-state index contributed by atoms with van der Waals surface area (Å²) in [6.45, 7) is 6.36. The molecule has 2 N–H and O–H groups in total. The highest BCUT2D eigenvalue weighted by Gasteiger charge is 2.25. The van der Waals surface area contributed by atoms with Crippen molar-refractivity contribution in [2.45, 2.75) is 46.1 Å². The summed E-state index contributed by atoms with van der Waals surface area (Å²) in [5, 5.41) is 13.1. The highest BCUT2D eigenvalue weighted by molar-refractivity contribution is 7.15. The molecule has 1 aromatic heterocycles. The molecule has 5 heteroatoms. The molecule has 0 amide bonds. The quantitative estimate of drug-likeness (QED) is 0.882. The van der Waals surface area contributed by atoms with Crippen LogP contribution in [0.1, 0.15) is 48.5 Å². The molecule has 1 aromatic rings. The second-order valence-corrected chi connectivity index (χ2v) is 6.69. The number of nitrogens with one attached hydrogen (secondary N) is 1. The van der Waals surface area contributed by atoms with Gasteiger partial charge in [-0.3, -0.25) is 0 Å². The van der Waals surface area contributed by atoms with Crippen LogP contribution in [0.5, 0.6) is 0 Å². The Balaban J connectivity index is 2.05. The largest absolute Gasteiger partial charge is 0.476 e. The predicted molar refractivity (Wildman–Crippen MR) is 73.4 cm³/mol. The van der Waals surface area contributed by atoms with E-state index in [0.29, 0.717) is 6.04 Å². The third kappa shape index (κ3) is 3.02. The molecule has 1 aliphatic carbocycles. The maximum atomic E-state index is 10.9. The molecule has 100 valence electrons. The summed E-state index contributed by atoms with van der Waals surface area (Å²) >= 11 is 1.44. The van der Waals surface area contributed by atoms with Crippen LogP contribution >= 0.6 is 11.3 Å². The third-order valence-electron chi connectivity index (χ3n) is 3.51. The van der Waals surface area contributed by atoms with Crippen molar-refractivity contribution in [3.8, 4) is 0 Å². The van der Waals surface area contributed by atoms with Gasteiger partial charge in [-0.15, -0.1) is 11.3 Å². The van der Waals surface area contributed by atoms with Crippen LogP contribution in [-0.2, 0) is 0 Å². The second-order valence-electron chi connectivity index (χ2n) is 5.49. The molecule has 2 atom stereocenters. The molecule has 1 saturated carbocycles. The Morgan fingerprint density at radius 1 is 1.33 bits per heavy atom. The number of nitrogens with zero attached hydrogens (tertiary/aromatic N) is 1. The number of aromatic carboxylic acids is 1. The number of hydrogen-bond donors (Lipinski definition) is 2. The molecular weight excluding hydrogens is 248 g/mol. The van der Waals surface area contributed by atoms with Crippen LogP contribution in [0.2, 0.25) is 0 Å². The van der Waals surface area contributed by atoms with E-state index in [1.165, 1.54) is 17.8 Å². The van der Waals surface area contributed by atoms with Gasteiger partial charge < -0.3 is 10.4 Å². The second kappa shape index (κ2) is 5.26. The van der Waals surface area contributed by atoms with Crippen molar-refractivity contribution in [1.82, 2.24) is 4.98 Å². The van der Waals surface area contributed by atoms with Crippen LogP contribution in [0.25, 0.3) is 0 Å². The molecule has 0 saturated heterocycles. The summed E-state index contributed by atoms with van der Waals surface area (Å²) in [7, 11) is 0. The zero-order valence-electron chi connectivity index (χ0n) is 11.1. The zero-order valence-corrected chi connectivity index (χ0v) is 11.9. The number of hydrogen-bond acceptors (Lipinski definition) is 4. The maximum Gasteiger partial charge on any atom is 0.355 e. The Morgan fingerprint density at radius 2 is 1.94 bits per heavy atom. The molecule has 4 nitrogen and oxygen atoms in total. The minimum atomic E-state index is -0.942. The van der Waals surface area contributed by atoms with Gasteiger partial charge in [0, 0.05) is 10.9 Å². The number of aryl methyl sites for hydroxylation is 1. The van der Waals surface area contributed by atoms with Gasteiger partial charge in [0.05, 0.1) is 0 Å². The first-order valence-corrected chi connectivity index (χ1v) is 7.24. The molecule has 0 bridgehead atoms. The van der Waals surface area contributed by atoms with Crippen LogP contribution in [0.3, 0.4) is 0 Å². The lowest BCUT2D eigenvalue weighted by Gasteiger charge is -2.31. The fourth-order valence-corrected chi connectivity index (χ4v) is 3.78. The van der Waals surface area contributed by atoms with Gasteiger partial charge in [-0.25, -0.2) is 9.78 Å². The van der Waals surface area contributed by atoms with Crippen molar-refractivity contribution >= 4 is 22.4 Å². The third-order valence-corrected chi connectivity index (χ3v) is 4.41. The smallest absolute Gasteiger partial charge is 0.355 e. The molecule has 18 heavy (non-hydrogen) atoms. The normalized spacial score (nSPS) is 28.1. The number of thiazole rings is 1. The predicted octanol–water partition coefficient (Wildman–Crippen LogP) is 3.39. The Labute approximate surface area is 111 Å². The van der Waals surface area contributed by atoms with E-state index in [1.54, 1.807) is 6.92 Å². The van der Waals surface area contributed by atoms with Crippen LogP contribution in [-0.4, -0.2) is 22.1 Å². The molecule has 2 unspecified atom stereocenters.